The number of likely N-dealkylation sites (N-methyl/N-ethyl adjacent to an activating group) is 1. The average Bonchev–Trinajstić information content (AvgIpc) is 3.30. The quantitative estimate of drug-likeness (QED) is 0.710. The fourth-order valence-corrected chi connectivity index (χ4v) is 3.41. The first-order chi connectivity index (χ1) is 12.5. The number of nitrogens with zero attached hydrogens (tertiary/aromatic N) is 2. The molecule has 0 aliphatic heterocycles. The Balaban J connectivity index is 1.67. The minimum Gasteiger partial charge on any atom is -0.497 e. The maximum atomic E-state index is 12.8. The highest BCUT2D eigenvalue weighted by atomic mass is 32.1. The Labute approximate surface area is 157 Å². The number of benzene rings is 1. The van der Waals surface area contributed by atoms with Crippen molar-refractivity contribution in [2.75, 3.05) is 14.2 Å². The molecule has 0 aliphatic carbocycles. The van der Waals surface area contributed by atoms with Crippen LogP contribution in [-0.2, 0) is 6.42 Å². The number of carbonyl (C=O) groups excluding carboxylic acids is 1. The summed E-state index contributed by atoms with van der Waals surface area (Å²) in [5, 5.41) is 3.02. The lowest BCUT2D eigenvalue weighted by atomic mass is 10.1. The Hall–Kier alpha value is -2.60. The summed E-state index contributed by atoms with van der Waals surface area (Å²) in [6, 6.07) is 9.89. The highest BCUT2D eigenvalue weighted by Crippen LogP contribution is 2.23. The zero-order chi connectivity index (χ0) is 18.7. The summed E-state index contributed by atoms with van der Waals surface area (Å²) in [6.45, 7) is 4.03. The Morgan fingerprint density at radius 2 is 2.08 bits per heavy atom. The maximum Gasteiger partial charge on any atom is 0.270 e. The third-order valence-electron chi connectivity index (χ3n) is 4.50. The van der Waals surface area contributed by atoms with Crippen LogP contribution in [0.3, 0.4) is 0 Å². The number of thiazole rings is 1. The van der Waals surface area contributed by atoms with Gasteiger partial charge in [-0.25, -0.2) is 4.98 Å². The molecule has 1 amide bonds. The van der Waals surface area contributed by atoms with Crippen molar-refractivity contribution in [3.05, 3.63) is 58.2 Å². The van der Waals surface area contributed by atoms with Gasteiger partial charge in [-0.1, -0.05) is 12.1 Å². The molecule has 1 unspecified atom stereocenters. The van der Waals surface area contributed by atoms with Crippen LogP contribution in [0, 0.1) is 6.92 Å². The first-order valence-electron chi connectivity index (χ1n) is 8.49. The predicted octanol–water partition coefficient (Wildman–Crippen LogP) is 4.16. The van der Waals surface area contributed by atoms with Gasteiger partial charge in [0.1, 0.15) is 11.4 Å². The van der Waals surface area contributed by atoms with Crippen LogP contribution in [0.5, 0.6) is 5.75 Å². The minimum atomic E-state index is -0.0239. The summed E-state index contributed by atoms with van der Waals surface area (Å²) in [6.07, 6.45) is 2.62. The second-order valence-corrected chi connectivity index (χ2v) is 7.43. The fourth-order valence-electron chi connectivity index (χ4n) is 2.79. The van der Waals surface area contributed by atoms with E-state index >= 15 is 0 Å². The Bertz CT molecular complexity index is 883. The molecule has 1 atom stereocenters. The van der Waals surface area contributed by atoms with E-state index < -0.39 is 0 Å². The van der Waals surface area contributed by atoms with Crippen LogP contribution in [0.4, 0.5) is 0 Å². The third kappa shape index (κ3) is 3.96. The number of amides is 1. The lowest BCUT2D eigenvalue weighted by molar-refractivity contribution is 0.0738. The fraction of sp³-hybridized carbons (Fsp3) is 0.300. The molecule has 3 aromatic rings. The number of ether oxygens (including phenoxy) is 1. The summed E-state index contributed by atoms with van der Waals surface area (Å²) in [5.41, 5.74) is 3.59. The van der Waals surface area contributed by atoms with E-state index in [2.05, 4.69) is 16.9 Å². The second kappa shape index (κ2) is 7.74. The lowest BCUT2D eigenvalue weighted by Crippen LogP contribution is -2.36. The highest BCUT2D eigenvalue weighted by molar-refractivity contribution is 7.09. The van der Waals surface area contributed by atoms with Gasteiger partial charge in [0.2, 0.25) is 0 Å². The van der Waals surface area contributed by atoms with Crippen molar-refractivity contribution in [1.82, 2.24) is 14.9 Å². The van der Waals surface area contributed by atoms with Gasteiger partial charge in [0.15, 0.2) is 0 Å². The van der Waals surface area contributed by atoms with E-state index in [4.69, 9.17) is 4.74 Å². The zero-order valence-electron chi connectivity index (χ0n) is 15.4. The molecule has 5 nitrogen and oxygen atoms in total. The summed E-state index contributed by atoms with van der Waals surface area (Å²) in [7, 11) is 3.49. The van der Waals surface area contributed by atoms with Gasteiger partial charge in [0.05, 0.1) is 17.8 Å². The molecule has 2 aromatic heterocycles. The van der Waals surface area contributed by atoms with Crippen molar-refractivity contribution in [2.45, 2.75) is 26.3 Å². The van der Waals surface area contributed by atoms with Gasteiger partial charge in [0, 0.05) is 30.2 Å². The first-order valence-corrected chi connectivity index (χ1v) is 9.37. The van der Waals surface area contributed by atoms with Crippen LogP contribution < -0.4 is 4.74 Å². The first kappa shape index (κ1) is 18.2. The number of aryl methyl sites for hydroxylation is 1. The largest absolute Gasteiger partial charge is 0.497 e. The van der Waals surface area contributed by atoms with Crippen LogP contribution in [0.2, 0.25) is 0 Å². The molecule has 0 saturated carbocycles. The number of hydrogen-bond donors (Lipinski definition) is 1. The summed E-state index contributed by atoms with van der Waals surface area (Å²) < 4.78 is 5.18. The number of aromatic nitrogens is 2. The van der Waals surface area contributed by atoms with Crippen LogP contribution >= 0.6 is 11.3 Å². The Kier molecular flexibility index (Phi) is 5.42. The van der Waals surface area contributed by atoms with E-state index in [1.807, 2.05) is 55.9 Å². The second-order valence-electron chi connectivity index (χ2n) is 6.37. The van der Waals surface area contributed by atoms with Crippen LogP contribution in [0.15, 0.2) is 41.9 Å². The minimum absolute atomic E-state index is 0.0239. The molecule has 0 spiro atoms. The van der Waals surface area contributed by atoms with E-state index in [9.17, 15) is 4.79 Å². The standard InChI is InChI=1S/C20H23N3O2S/c1-13(9-15-5-7-17(25-4)8-6-15)23(3)20(24)18-10-16(11-21-18)19-12-26-14(2)22-19/h5-8,10-13,21H,9H2,1-4H3. The van der Waals surface area contributed by atoms with Gasteiger partial charge in [-0.05, 0) is 44.0 Å². The molecule has 6 heteroatoms. The van der Waals surface area contributed by atoms with E-state index in [1.165, 1.54) is 5.56 Å². The molecule has 136 valence electrons. The molecule has 3 rings (SSSR count). The number of hydrogen-bond acceptors (Lipinski definition) is 4. The summed E-state index contributed by atoms with van der Waals surface area (Å²) >= 11 is 1.60. The molecule has 0 fully saturated rings. The van der Waals surface area contributed by atoms with Crippen molar-refractivity contribution >= 4 is 17.2 Å². The normalized spacial score (nSPS) is 12.0. The smallest absolute Gasteiger partial charge is 0.270 e. The molecule has 0 bridgehead atoms. The summed E-state index contributed by atoms with van der Waals surface area (Å²) in [4.78, 5) is 22.1. The third-order valence-corrected chi connectivity index (χ3v) is 5.27. The maximum absolute atomic E-state index is 12.8. The van der Waals surface area contributed by atoms with Crippen molar-refractivity contribution in [3.8, 4) is 17.0 Å². The highest BCUT2D eigenvalue weighted by Gasteiger charge is 2.20. The monoisotopic (exact) mass is 369 g/mol. The SMILES string of the molecule is COc1ccc(CC(C)N(C)C(=O)c2cc(-c3csc(C)n3)c[nH]2)cc1. The van der Waals surface area contributed by atoms with E-state index in [0.29, 0.717) is 5.69 Å². The van der Waals surface area contributed by atoms with Gasteiger partial charge >= 0.3 is 0 Å². The summed E-state index contributed by atoms with van der Waals surface area (Å²) in [5.74, 6) is 0.811. The van der Waals surface area contributed by atoms with Crippen LogP contribution in [-0.4, -0.2) is 41.0 Å². The van der Waals surface area contributed by atoms with E-state index in [-0.39, 0.29) is 11.9 Å². The molecule has 1 N–H and O–H groups in total. The van der Waals surface area contributed by atoms with Crippen molar-refractivity contribution in [1.29, 1.82) is 0 Å². The topological polar surface area (TPSA) is 58.2 Å². The van der Waals surface area contributed by atoms with Gasteiger partial charge in [0.25, 0.3) is 5.91 Å². The number of carbonyl (C=O) groups is 1. The molecule has 2 heterocycles. The van der Waals surface area contributed by atoms with E-state index in [1.54, 1.807) is 23.3 Å². The van der Waals surface area contributed by atoms with Gasteiger partial charge in [-0.15, -0.1) is 11.3 Å². The lowest BCUT2D eigenvalue weighted by Gasteiger charge is -2.24. The number of methoxy groups -OCH3 is 1. The molecule has 0 saturated heterocycles. The Morgan fingerprint density at radius 3 is 2.69 bits per heavy atom. The van der Waals surface area contributed by atoms with Gasteiger partial charge < -0.3 is 14.6 Å². The number of aromatic amines is 1. The molecular formula is C20H23N3O2S. The number of H-pyrrole nitrogens is 1. The molecule has 1 aromatic carbocycles. The van der Waals surface area contributed by atoms with Gasteiger partial charge in [-0.2, -0.15) is 0 Å². The van der Waals surface area contributed by atoms with Crippen molar-refractivity contribution in [3.63, 3.8) is 0 Å². The zero-order valence-corrected chi connectivity index (χ0v) is 16.3. The average molecular weight is 369 g/mol. The molecule has 0 radical (unpaired) electrons. The number of nitrogens with one attached hydrogen (secondary N) is 1. The van der Waals surface area contributed by atoms with E-state index in [0.717, 1.165) is 28.4 Å². The van der Waals surface area contributed by atoms with Gasteiger partial charge in [-0.3, -0.25) is 4.79 Å². The van der Waals surface area contributed by atoms with Crippen LogP contribution in [0.1, 0.15) is 28.0 Å². The van der Waals surface area contributed by atoms with Crippen LogP contribution in [0.25, 0.3) is 11.3 Å². The molecular weight excluding hydrogens is 346 g/mol. The van der Waals surface area contributed by atoms with Crippen molar-refractivity contribution in [2.24, 2.45) is 0 Å². The molecule has 26 heavy (non-hydrogen) atoms. The molecule has 0 aliphatic rings. The Morgan fingerprint density at radius 1 is 1.35 bits per heavy atom. The number of rotatable bonds is 6. The van der Waals surface area contributed by atoms with Crippen molar-refractivity contribution < 1.29 is 9.53 Å². The predicted molar refractivity (Wildman–Crippen MR) is 105 cm³/mol.